The molecule has 21 heavy (non-hydrogen) atoms. The van der Waals surface area contributed by atoms with Crippen molar-refractivity contribution >= 4 is 0 Å². The molecule has 2 rings (SSSR count). The minimum Gasteiger partial charge on any atom is -0.394 e. The minimum atomic E-state index is -1.68. The van der Waals surface area contributed by atoms with Gasteiger partial charge in [-0.15, -0.1) is 0 Å². The van der Waals surface area contributed by atoms with E-state index in [0.717, 1.165) is 0 Å². The third-order valence-electron chi connectivity index (χ3n) is 3.59. The zero-order valence-corrected chi connectivity index (χ0v) is 11.0. The average Bonchev–Trinajstić information content (AvgIpc) is 2.47. The highest BCUT2D eigenvalue weighted by molar-refractivity contribution is 4.91. The molecular formula is C11H20O10. The SMILES string of the molecule is OC[C@H]1O[C@H](O[C@H]2[C@H](O)[C@H](O)CO[C@@H]2O)[C@@H](O)[C@H](O)[C@@H]1O. The molecule has 2 aliphatic heterocycles. The molecule has 0 amide bonds. The number of hydrogen-bond donors (Lipinski definition) is 7. The van der Waals surface area contributed by atoms with Crippen LogP contribution in [0, 0.1) is 0 Å². The van der Waals surface area contributed by atoms with Gasteiger partial charge in [-0.05, 0) is 0 Å². The number of aliphatic hydroxyl groups is 7. The van der Waals surface area contributed by atoms with Crippen molar-refractivity contribution in [2.45, 2.75) is 55.3 Å². The van der Waals surface area contributed by atoms with E-state index in [2.05, 4.69) is 0 Å². The fourth-order valence-corrected chi connectivity index (χ4v) is 2.26. The first-order chi connectivity index (χ1) is 9.86. The van der Waals surface area contributed by atoms with E-state index in [1.807, 2.05) is 0 Å². The first kappa shape index (κ1) is 17.0. The van der Waals surface area contributed by atoms with E-state index in [-0.39, 0.29) is 6.61 Å². The van der Waals surface area contributed by atoms with Crippen molar-refractivity contribution in [3.05, 3.63) is 0 Å². The summed E-state index contributed by atoms with van der Waals surface area (Å²) in [6, 6.07) is 0. The molecule has 2 heterocycles. The van der Waals surface area contributed by atoms with Crippen LogP contribution in [0.15, 0.2) is 0 Å². The summed E-state index contributed by atoms with van der Waals surface area (Å²) in [4.78, 5) is 0. The summed E-state index contributed by atoms with van der Waals surface area (Å²) in [5, 5.41) is 66.8. The van der Waals surface area contributed by atoms with Crippen LogP contribution < -0.4 is 0 Å². The van der Waals surface area contributed by atoms with Crippen LogP contribution in [0.5, 0.6) is 0 Å². The van der Waals surface area contributed by atoms with Crippen LogP contribution in [0.25, 0.3) is 0 Å². The smallest absolute Gasteiger partial charge is 0.187 e. The van der Waals surface area contributed by atoms with Gasteiger partial charge in [-0.2, -0.15) is 0 Å². The maximum absolute atomic E-state index is 9.78. The molecule has 7 N–H and O–H groups in total. The highest BCUT2D eigenvalue weighted by Gasteiger charge is 2.48. The maximum atomic E-state index is 9.78. The molecular weight excluding hydrogens is 292 g/mol. The Morgan fingerprint density at radius 1 is 0.905 bits per heavy atom. The topological polar surface area (TPSA) is 169 Å². The van der Waals surface area contributed by atoms with Crippen LogP contribution in [0.4, 0.5) is 0 Å². The first-order valence-electron chi connectivity index (χ1n) is 6.48. The van der Waals surface area contributed by atoms with Gasteiger partial charge in [0.1, 0.15) is 42.7 Å². The largest absolute Gasteiger partial charge is 0.394 e. The molecule has 0 spiro atoms. The Balaban J connectivity index is 2.06. The summed E-state index contributed by atoms with van der Waals surface area (Å²) >= 11 is 0. The van der Waals surface area contributed by atoms with Crippen LogP contribution in [-0.2, 0) is 14.2 Å². The lowest BCUT2D eigenvalue weighted by Crippen LogP contribution is -2.62. The first-order valence-corrected chi connectivity index (χ1v) is 6.48. The molecule has 10 nitrogen and oxygen atoms in total. The van der Waals surface area contributed by atoms with Gasteiger partial charge < -0.3 is 50.0 Å². The number of aliphatic hydroxyl groups excluding tert-OH is 7. The summed E-state index contributed by atoms with van der Waals surface area (Å²) in [5.74, 6) is 0. The number of hydrogen-bond acceptors (Lipinski definition) is 10. The maximum Gasteiger partial charge on any atom is 0.187 e. The quantitative estimate of drug-likeness (QED) is 0.268. The lowest BCUT2D eigenvalue weighted by atomic mass is 9.99. The molecule has 0 aromatic heterocycles. The van der Waals surface area contributed by atoms with E-state index in [1.54, 1.807) is 0 Å². The van der Waals surface area contributed by atoms with Crippen molar-refractivity contribution in [2.24, 2.45) is 0 Å². The Labute approximate surface area is 119 Å². The van der Waals surface area contributed by atoms with Crippen LogP contribution in [0.1, 0.15) is 0 Å². The standard InChI is InChI=1S/C11H20O10/c12-1-4-6(15)7(16)8(17)11(20-4)21-9-5(14)3(13)2-19-10(9)18/h3-18H,1-2H2/t3-,4-,5-,6-,7-,8+,9+,10+,11-/m1/s1. The minimum absolute atomic E-state index is 0.295. The van der Waals surface area contributed by atoms with E-state index >= 15 is 0 Å². The molecule has 10 heteroatoms. The van der Waals surface area contributed by atoms with Gasteiger partial charge in [-0.1, -0.05) is 0 Å². The van der Waals surface area contributed by atoms with Gasteiger partial charge in [0, 0.05) is 0 Å². The summed E-state index contributed by atoms with van der Waals surface area (Å²) in [6.45, 7) is -0.934. The van der Waals surface area contributed by atoms with Crippen molar-refractivity contribution < 1.29 is 50.0 Å². The van der Waals surface area contributed by atoms with Gasteiger partial charge in [0.15, 0.2) is 12.6 Å². The normalized spacial score (nSPS) is 51.9. The zero-order chi connectivity index (χ0) is 15.7. The second-order valence-corrected chi connectivity index (χ2v) is 5.08. The van der Waals surface area contributed by atoms with Crippen molar-refractivity contribution in [1.82, 2.24) is 0 Å². The van der Waals surface area contributed by atoms with Gasteiger partial charge >= 0.3 is 0 Å². The van der Waals surface area contributed by atoms with E-state index in [1.165, 1.54) is 0 Å². The lowest BCUT2D eigenvalue weighted by Gasteiger charge is -2.43. The van der Waals surface area contributed by atoms with E-state index < -0.39 is 61.9 Å². The number of ether oxygens (including phenoxy) is 3. The van der Waals surface area contributed by atoms with Crippen molar-refractivity contribution in [3.63, 3.8) is 0 Å². The molecule has 0 saturated carbocycles. The predicted molar refractivity (Wildman–Crippen MR) is 62.6 cm³/mol. The molecule has 0 aromatic carbocycles. The van der Waals surface area contributed by atoms with Crippen LogP contribution >= 0.6 is 0 Å². The molecule has 2 aliphatic rings. The van der Waals surface area contributed by atoms with Gasteiger partial charge in [-0.25, -0.2) is 0 Å². The molecule has 0 unspecified atom stereocenters. The van der Waals surface area contributed by atoms with Gasteiger partial charge in [0.25, 0.3) is 0 Å². The van der Waals surface area contributed by atoms with Crippen LogP contribution in [0.3, 0.4) is 0 Å². The van der Waals surface area contributed by atoms with Crippen LogP contribution in [-0.4, -0.2) is 104 Å². The Hall–Kier alpha value is -0.400. The van der Waals surface area contributed by atoms with Gasteiger partial charge in [0.2, 0.25) is 0 Å². The van der Waals surface area contributed by atoms with Gasteiger partial charge in [-0.3, -0.25) is 0 Å². The zero-order valence-electron chi connectivity index (χ0n) is 11.0. The summed E-state index contributed by atoms with van der Waals surface area (Å²) in [7, 11) is 0. The molecule has 2 fully saturated rings. The Kier molecular flexibility index (Phi) is 5.48. The molecule has 0 bridgehead atoms. The fourth-order valence-electron chi connectivity index (χ4n) is 2.26. The summed E-state index contributed by atoms with van der Waals surface area (Å²) < 4.78 is 15.0. The summed E-state index contributed by atoms with van der Waals surface area (Å²) in [6.07, 6.45) is -13.4. The highest BCUT2D eigenvalue weighted by atomic mass is 16.7. The average molecular weight is 312 g/mol. The third kappa shape index (κ3) is 3.35. The summed E-state index contributed by atoms with van der Waals surface area (Å²) in [5.41, 5.74) is 0. The Morgan fingerprint density at radius 2 is 1.57 bits per heavy atom. The van der Waals surface area contributed by atoms with Crippen molar-refractivity contribution in [1.29, 1.82) is 0 Å². The second-order valence-electron chi connectivity index (χ2n) is 5.08. The van der Waals surface area contributed by atoms with E-state index in [4.69, 9.17) is 19.3 Å². The third-order valence-corrected chi connectivity index (χ3v) is 3.59. The molecule has 0 aliphatic carbocycles. The van der Waals surface area contributed by atoms with E-state index in [9.17, 15) is 30.6 Å². The number of rotatable bonds is 3. The molecule has 124 valence electrons. The second kappa shape index (κ2) is 6.79. The fraction of sp³-hybridized carbons (Fsp3) is 1.00. The monoisotopic (exact) mass is 312 g/mol. The Morgan fingerprint density at radius 3 is 2.19 bits per heavy atom. The molecule has 0 radical (unpaired) electrons. The molecule has 2 saturated heterocycles. The predicted octanol–water partition coefficient (Wildman–Crippen LogP) is -4.76. The highest BCUT2D eigenvalue weighted by Crippen LogP contribution is 2.26. The van der Waals surface area contributed by atoms with Crippen molar-refractivity contribution in [3.8, 4) is 0 Å². The molecule has 0 aromatic rings. The lowest BCUT2D eigenvalue weighted by molar-refractivity contribution is -0.352. The van der Waals surface area contributed by atoms with Gasteiger partial charge in [0.05, 0.1) is 13.2 Å². The van der Waals surface area contributed by atoms with E-state index in [0.29, 0.717) is 0 Å². The van der Waals surface area contributed by atoms with Crippen molar-refractivity contribution in [2.75, 3.05) is 13.2 Å². The Bertz CT molecular complexity index is 339. The van der Waals surface area contributed by atoms with Crippen LogP contribution in [0.2, 0.25) is 0 Å². The molecule has 9 atom stereocenters.